The van der Waals surface area contributed by atoms with E-state index in [9.17, 15) is 4.79 Å². The van der Waals surface area contributed by atoms with Crippen molar-refractivity contribution in [1.82, 2.24) is 15.0 Å². The average molecular weight is 483 g/mol. The quantitative estimate of drug-likeness (QED) is 0.199. The minimum Gasteiger partial charge on any atom is -0.314 e. The van der Waals surface area contributed by atoms with Crippen LogP contribution in [0.25, 0.3) is 11.0 Å². The fraction of sp³-hybridized carbons (Fsp3) is 0.125. The van der Waals surface area contributed by atoms with E-state index in [1.807, 2.05) is 66.7 Å². The van der Waals surface area contributed by atoms with Gasteiger partial charge in [0.05, 0.1) is 29.0 Å². The molecule has 1 amide bonds. The molecule has 0 aliphatic carbocycles. The van der Waals surface area contributed by atoms with Gasteiger partial charge in [0.2, 0.25) is 0 Å². The number of hydrogen-bond donors (Lipinski definition) is 1. The molecule has 0 aliphatic rings. The zero-order valence-corrected chi connectivity index (χ0v) is 19.6. The molecule has 8 heteroatoms. The third-order valence-corrected chi connectivity index (χ3v) is 6.38. The number of aromatic nitrogens is 2. The largest absolute Gasteiger partial charge is 0.314 e. The van der Waals surface area contributed by atoms with E-state index in [-0.39, 0.29) is 11.7 Å². The third kappa shape index (κ3) is 5.33. The summed E-state index contributed by atoms with van der Waals surface area (Å²) in [4.78, 5) is 17.2. The predicted octanol–water partition coefficient (Wildman–Crippen LogP) is 6.02. The van der Waals surface area contributed by atoms with Crippen LogP contribution in [-0.4, -0.2) is 26.9 Å². The van der Waals surface area contributed by atoms with Crippen LogP contribution in [-0.2, 0) is 11.3 Å². The lowest BCUT2D eigenvalue weighted by molar-refractivity contribution is -0.118. The maximum atomic E-state index is 12.4. The van der Waals surface area contributed by atoms with Crippen LogP contribution in [0.3, 0.4) is 0 Å². The van der Waals surface area contributed by atoms with Gasteiger partial charge in [0.1, 0.15) is 0 Å². The van der Waals surface area contributed by atoms with Gasteiger partial charge < -0.3 is 4.57 Å². The number of carbonyl (C=O) groups is 1. The second kappa shape index (κ2) is 10.2. The number of imidazole rings is 1. The Bertz CT molecular complexity index is 1280. The van der Waals surface area contributed by atoms with Crippen LogP contribution in [0.5, 0.6) is 0 Å². The van der Waals surface area contributed by atoms with Crippen molar-refractivity contribution in [2.24, 2.45) is 5.10 Å². The Morgan fingerprint density at radius 1 is 1.03 bits per heavy atom. The first-order valence-electron chi connectivity index (χ1n) is 9.92. The van der Waals surface area contributed by atoms with E-state index < -0.39 is 0 Å². The van der Waals surface area contributed by atoms with Gasteiger partial charge in [-0.15, -0.1) is 0 Å². The van der Waals surface area contributed by atoms with Crippen LogP contribution in [0.4, 0.5) is 0 Å². The van der Waals surface area contributed by atoms with Gasteiger partial charge >= 0.3 is 0 Å². The molecule has 0 radical (unpaired) electrons. The Kier molecular flexibility index (Phi) is 7.15. The summed E-state index contributed by atoms with van der Waals surface area (Å²) in [6.45, 7) is 2.44. The SMILES string of the molecule is CC(=NNC(=O)CSc1nc2ccccc2n1Cc1ccc(Cl)cc1)c1ccccc1Cl. The Balaban J connectivity index is 1.48. The molecule has 0 aliphatic heterocycles. The molecule has 5 nitrogen and oxygen atoms in total. The molecule has 0 unspecified atom stereocenters. The average Bonchev–Trinajstić information content (AvgIpc) is 3.15. The number of nitrogens with zero attached hydrogens (tertiary/aromatic N) is 3. The maximum absolute atomic E-state index is 12.4. The number of thioether (sulfide) groups is 1. The first kappa shape index (κ1) is 22.4. The van der Waals surface area contributed by atoms with E-state index >= 15 is 0 Å². The maximum Gasteiger partial charge on any atom is 0.250 e. The number of rotatable bonds is 7. The highest BCUT2D eigenvalue weighted by molar-refractivity contribution is 7.99. The van der Waals surface area contributed by atoms with Crippen LogP contribution < -0.4 is 5.43 Å². The zero-order chi connectivity index (χ0) is 22.5. The smallest absolute Gasteiger partial charge is 0.250 e. The highest BCUT2D eigenvalue weighted by atomic mass is 35.5. The Morgan fingerprint density at radius 3 is 2.53 bits per heavy atom. The lowest BCUT2D eigenvalue weighted by Crippen LogP contribution is -2.21. The van der Waals surface area contributed by atoms with E-state index in [2.05, 4.69) is 15.1 Å². The molecule has 32 heavy (non-hydrogen) atoms. The number of para-hydroxylation sites is 2. The number of nitrogens with one attached hydrogen (secondary N) is 1. The highest BCUT2D eigenvalue weighted by Gasteiger charge is 2.13. The van der Waals surface area contributed by atoms with Gasteiger partial charge in [-0.1, -0.05) is 77.4 Å². The monoisotopic (exact) mass is 482 g/mol. The molecule has 0 bridgehead atoms. The molecule has 1 aromatic heterocycles. The number of benzene rings is 3. The van der Waals surface area contributed by atoms with E-state index in [0.717, 1.165) is 27.3 Å². The normalized spacial score (nSPS) is 11.7. The summed E-state index contributed by atoms with van der Waals surface area (Å²) in [6, 6.07) is 23.0. The van der Waals surface area contributed by atoms with Crippen molar-refractivity contribution in [1.29, 1.82) is 0 Å². The van der Waals surface area contributed by atoms with Crippen molar-refractivity contribution >= 4 is 57.6 Å². The molecule has 0 saturated heterocycles. The molecule has 4 rings (SSSR count). The van der Waals surface area contributed by atoms with E-state index in [1.165, 1.54) is 11.8 Å². The summed E-state index contributed by atoms with van der Waals surface area (Å²) >= 11 is 13.6. The van der Waals surface area contributed by atoms with Crippen LogP contribution >= 0.6 is 35.0 Å². The number of hydrogen-bond acceptors (Lipinski definition) is 4. The number of carbonyl (C=O) groups excluding carboxylic acids is 1. The van der Waals surface area contributed by atoms with Crippen LogP contribution in [0, 0.1) is 0 Å². The van der Waals surface area contributed by atoms with Gasteiger partial charge in [-0.2, -0.15) is 5.10 Å². The second-order valence-corrected chi connectivity index (χ2v) is 8.88. The molecule has 0 atom stereocenters. The van der Waals surface area contributed by atoms with Crippen molar-refractivity contribution in [3.63, 3.8) is 0 Å². The molecular formula is C24H20Cl2N4OS. The van der Waals surface area contributed by atoms with Gasteiger partial charge in [0.15, 0.2) is 5.16 Å². The van der Waals surface area contributed by atoms with Crippen LogP contribution in [0.2, 0.25) is 10.0 Å². The summed E-state index contributed by atoms with van der Waals surface area (Å²) in [5.41, 5.74) is 7.03. The molecule has 0 spiro atoms. The summed E-state index contributed by atoms with van der Waals surface area (Å²) in [5.74, 6) is -0.0324. The predicted molar refractivity (Wildman–Crippen MR) is 133 cm³/mol. The minimum atomic E-state index is -0.216. The van der Waals surface area contributed by atoms with Crippen molar-refractivity contribution < 1.29 is 4.79 Å². The minimum absolute atomic E-state index is 0.184. The van der Waals surface area contributed by atoms with Gasteiger partial charge in [-0.3, -0.25) is 4.79 Å². The number of amides is 1. The summed E-state index contributed by atoms with van der Waals surface area (Å²) in [5, 5.41) is 6.24. The third-order valence-electron chi connectivity index (χ3n) is 4.82. The second-order valence-electron chi connectivity index (χ2n) is 7.10. The van der Waals surface area contributed by atoms with E-state index in [4.69, 9.17) is 28.2 Å². The van der Waals surface area contributed by atoms with Crippen molar-refractivity contribution in [2.75, 3.05) is 5.75 Å². The molecule has 162 valence electrons. The molecule has 1 N–H and O–H groups in total. The fourth-order valence-corrected chi connectivity index (χ4v) is 4.42. The molecule has 0 fully saturated rings. The van der Waals surface area contributed by atoms with Crippen molar-refractivity contribution in [2.45, 2.75) is 18.6 Å². The lowest BCUT2D eigenvalue weighted by Gasteiger charge is -2.09. The Labute approximate surface area is 200 Å². The van der Waals surface area contributed by atoms with Crippen LogP contribution in [0.1, 0.15) is 18.1 Å². The number of hydrazone groups is 1. The molecular weight excluding hydrogens is 463 g/mol. The standard InChI is InChI=1S/C24H20Cl2N4OS/c1-16(19-6-2-3-7-20(19)26)28-29-23(31)15-32-24-27-21-8-4-5-9-22(21)30(24)14-17-10-12-18(25)13-11-17/h2-13H,14-15H2,1H3,(H,29,31). The highest BCUT2D eigenvalue weighted by Crippen LogP contribution is 2.25. The Hall–Kier alpha value is -2.80. The van der Waals surface area contributed by atoms with Crippen molar-refractivity contribution in [3.8, 4) is 0 Å². The number of halogens is 2. The topological polar surface area (TPSA) is 59.3 Å². The van der Waals surface area contributed by atoms with Crippen molar-refractivity contribution in [3.05, 3.63) is 94.0 Å². The number of fused-ring (bicyclic) bond motifs is 1. The van der Waals surface area contributed by atoms with E-state index in [1.54, 1.807) is 13.0 Å². The first-order valence-corrected chi connectivity index (χ1v) is 11.7. The zero-order valence-electron chi connectivity index (χ0n) is 17.3. The molecule has 4 aromatic rings. The summed E-state index contributed by atoms with van der Waals surface area (Å²) in [6.07, 6.45) is 0. The molecule has 3 aromatic carbocycles. The van der Waals surface area contributed by atoms with Gasteiger partial charge in [-0.05, 0) is 42.8 Å². The fourth-order valence-electron chi connectivity index (χ4n) is 3.21. The summed E-state index contributed by atoms with van der Waals surface area (Å²) < 4.78 is 2.11. The Morgan fingerprint density at radius 2 is 1.75 bits per heavy atom. The first-order chi connectivity index (χ1) is 15.5. The van der Waals surface area contributed by atoms with E-state index in [0.29, 0.717) is 22.3 Å². The summed E-state index contributed by atoms with van der Waals surface area (Å²) in [7, 11) is 0. The van der Waals surface area contributed by atoms with Gasteiger partial charge in [0.25, 0.3) is 5.91 Å². The lowest BCUT2D eigenvalue weighted by atomic mass is 10.1. The molecule has 1 heterocycles. The van der Waals surface area contributed by atoms with Gasteiger partial charge in [-0.25, -0.2) is 10.4 Å². The van der Waals surface area contributed by atoms with Crippen LogP contribution in [0.15, 0.2) is 83.1 Å². The molecule has 0 saturated carbocycles. The van der Waals surface area contributed by atoms with Gasteiger partial charge in [0, 0.05) is 15.6 Å².